The summed E-state index contributed by atoms with van der Waals surface area (Å²) >= 11 is 15.6. The Morgan fingerprint density at radius 1 is 1.41 bits per heavy atom. The van der Waals surface area contributed by atoms with Gasteiger partial charge < -0.3 is 4.98 Å². The first-order valence-corrected chi connectivity index (χ1v) is 6.25. The van der Waals surface area contributed by atoms with E-state index in [9.17, 15) is 4.79 Å². The Morgan fingerprint density at radius 2 is 2.12 bits per heavy atom. The van der Waals surface area contributed by atoms with Crippen LogP contribution < -0.4 is 0 Å². The fourth-order valence-electron chi connectivity index (χ4n) is 1.46. The molecule has 0 radical (unpaired) electrons. The van der Waals surface area contributed by atoms with E-state index < -0.39 is 0 Å². The van der Waals surface area contributed by atoms with Crippen LogP contribution in [-0.2, 0) is 0 Å². The zero-order valence-electron chi connectivity index (χ0n) is 8.72. The quantitative estimate of drug-likeness (QED) is 0.834. The summed E-state index contributed by atoms with van der Waals surface area (Å²) in [5, 5.41) is 1.02. The first-order valence-electron chi connectivity index (χ1n) is 4.70. The maximum Gasteiger partial charge on any atom is 0.185 e. The molecule has 88 valence electrons. The molecule has 0 aliphatic carbocycles. The molecule has 1 heterocycles. The van der Waals surface area contributed by atoms with Gasteiger partial charge in [0, 0.05) is 5.56 Å². The third-order valence-corrected chi connectivity index (χ3v) is 3.69. The number of aldehydes is 1. The van der Waals surface area contributed by atoms with E-state index in [1.165, 1.54) is 0 Å². The summed E-state index contributed by atoms with van der Waals surface area (Å²) in [6.07, 6.45) is 0.631. The molecule has 1 aromatic heterocycles. The van der Waals surface area contributed by atoms with Gasteiger partial charge in [0.2, 0.25) is 0 Å². The number of carbonyl (C=O) groups excluding carboxylic acids is 1. The maximum absolute atomic E-state index is 10.7. The molecule has 0 bridgehead atoms. The number of imidazole rings is 1. The molecule has 0 saturated heterocycles. The lowest BCUT2D eigenvalue weighted by Crippen LogP contribution is -1.87. The molecule has 2 rings (SSSR count). The van der Waals surface area contributed by atoms with E-state index in [4.69, 9.17) is 23.2 Å². The molecule has 1 N–H and O–H groups in total. The number of halogens is 3. The van der Waals surface area contributed by atoms with Crippen LogP contribution in [0.15, 0.2) is 16.7 Å². The van der Waals surface area contributed by atoms with Gasteiger partial charge >= 0.3 is 0 Å². The average Bonchev–Trinajstić information content (AvgIpc) is 2.66. The van der Waals surface area contributed by atoms with Crippen molar-refractivity contribution in [1.82, 2.24) is 9.97 Å². The molecule has 1 aromatic carbocycles. The summed E-state index contributed by atoms with van der Waals surface area (Å²) < 4.78 is 0.578. The number of rotatable bonds is 2. The highest BCUT2D eigenvalue weighted by Gasteiger charge is 2.17. The molecule has 0 spiro atoms. The number of aromatic amines is 1. The molecule has 0 atom stereocenters. The number of H-pyrrole nitrogens is 1. The van der Waals surface area contributed by atoms with Gasteiger partial charge in [-0.05, 0) is 34.5 Å². The molecular formula is C11H7BrCl2N2O. The lowest BCUT2D eigenvalue weighted by Gasteiger charge is -2.07. The summed E-state index contributed by atoms with van der Waals surface area (Å²) in [7, 11) is 0. The summed E-state index contributed by atoms with van der Waals surface area (Å²) in [6.45, 7) is 1.88. The van der Waals surface area contributed by atoms with Gasteiger partial charge in [-0.25, -0.2) is 4.98 Å². The monoisotopic (exact) mass is 332 g/mol. The number of hydrogen-bond acceptors (Lipinski definition) is 2. The zero-order chi connectivity index (χ0) is 12.6. The van der Waals surface area contributed by atoms with Crippen LogP contribution >= 0.6 is 39.1 Å². The molecule has 17 heavy (non-hydrogen) atoms. The molecule has 0 unspecified atom stereocenters. The Balaban J connectivity index is 2.71. The van der Waals surface area contributed by atoms with Crippen molar-refractivity contribution in [2.75, 3.05) is 0 Å². The molecule has 0 aliphatic rings. The van der Waals surface area contributed by atoms with Gasteiger partial charge in [-0.15, -0.1) is 0 Å². The number of aromatic nitrogens is 2. The van der Waals surface area contributed by atoms with Crippen molar-refractivity contribution in [1.29, 1.82) is 0 Å². The normalized spacial score (nSPS) is 10.6. The van der Waals surface area contributed by atoms with Crippen LogP contribution in [0.25, 0.3) is 11.3 Å². The van der Waals surface area contributed by atoms with Crippen molar-refractivity contribution in [3.63, 3.8) is 0 Å². The van der Waals surface area contributed by atoms with E-state index >= 15 is 0 Å². The minimum atomic E-state index is 0.223. The number of carbonyl (C=O) groups is 1. The van der Waals surface area contributed by atoms with Gasteiger partial charge in [0.1, 0.15) is 10.3 Å². The molecule has 0 amide bonds. The molecule has 3 nitrogen and oxygen atoms in total. The van der Waals surface area contributed by atoms with Gasteiger partial charge in [0.15, 0.2) is 12.1 Å². The maximum atomic E-state index is 10.7. The van der Waals surface area contributed by atoms with Crippen LogP contribution in [0.1, 0.15) is 16.2 Å². The number of nitrogens with zero attached hydrogens (tertiary/aromatic N) is 1. The summed E-state index contributed by atoms with van der Waals surface area (Å²) in [4.78, 5) is 17.6. The van der Waals surface area contributed by atoms with E-state index in [1.54, 1.807) is 6.07 Å². The predicted octanol–water partition coefficient (Wildman–Crippen LogP) is 4.27. The highest BCUT2D eigenvalue weighted by atomic mass is 79.9. The topological polar surface area (TPSA) is 45.8 Å². The first kappa shape index (κ1) is 12.6. The molecule has 0 aliphatic heterocycles. The Kier molecular flexibility index (Phi) is 3.56. The van der Waals surface area contributed by atoms with Crippen molar-refractivity contribution >= 4 is 45.4 Å². The highest BCUT2D eigenvalue weighted by molar-refractivity contribution is 9.10. The number of aryl methyl sites for hydroxylation is 1. The fraction of sp³-hybridized carbons (Fsp3) is 0.0909. The molecular weight excluding hydrogens is 327 g/mol. The largest absolute Gasteiger partial charge is 0.330 e. The summed E-state index contributed by atoms with van der Waals surface area (Å²) in [5.74, 6) is 0.223. The fourth-order valence-corrected chi connectivity index (χ4v) is 2.50. The number of hydrogen-bond donors (Lipinski definition) is 1. The van der Waals surface area contributed by atoms with Crippen molar-refractivity contribution in [3.8, 4) is 11.3 Å². The van der Waals surface area contributed by atoms with Gasteiger partial charge in [-0.2, -0.15) is 0 Å². The Labute approximate surface area is 116 Å². The van der Waals surface area contributed by atoms with Gasteiger partial charge in [-0.1, -0.05) is 29.3 Å². The first-order chi connectivity index (χ1) is 8.04. The number of nitrogens with one attached hydrogen (secondary N) is 1. The third-order valence-electron chi connectivity index (χ3n) is 2.31. The Hall–Kier alpha value is -0.840. The molecule has 2 aromatic rings. The van der Waals surface area contributed by atoms with Crippen LogP contribution in [0.2, 0.25) is 10.0 Å². The van der Waals surface area contributed by atoms with Crippen LogP contribution in [0.4, 0.5) is 0 Å². The van der Waals surface area contributed by atoms with Crippen LogP contribution in [0, 0.1) is 6.92 Å². The minimum Gasteiger partial charge on any atom is -0.330 e. The van der Waals surface area contributed by atoms with Gasteiger partial charge in [0.05, 0.1) is 10.0 Å². The van der Waals surface area contributed by atoms with Crippen molar-refractivity contribution in [3.05, 3.63) is 38.2 Å². The van der Waals surface area contributed by atoms with Crippen LogP contribution in [-0.4, -0.2) is 16.3 Å². The molecule has 6 heteroatoms. The Bertz CT molecular complexity index is 595. The zero-order valence-corrected chi connectivity index (χ0v) is 11.8. The highest BCUT2D eigenvalue weighted by Crippen LogP contribution is 2.38. The average molecular weight is 334 g/mol. The van der Waals surface area contributed by atoms with E-state index in [-0.39, 0.29) is 5.82 Å². The lowest BCUT2D eigenvalue weighted by atomic mass is 10.1. The Morgan fingerprint density at radius 3 is 2.71 bits per heavy atom. The van der Waals surface area contributed by atoms with Crippen LogP contribution in [0.3, 0.4) is 0 Å². The van der Waals surface area contributed by atoms with Crippen molar-refractivity contribution < 1.29 is 4.79 Å². The summed E-state index contributed by atoms with van der Waals surface area (Å²) in [5.41, 5.74) is 2.05. The van der Waals surface area contributed by atoms with E-state index in [1.807, 2.05) is 13.0 Å². The second-order valence-corrected chi connectivity index (χ2v) is 5.03. The second-order valence-electron chi connectivity index (χ2n) is 3.46. The summed E-state index contributed by atoms with van der Waals surface area (Å²) in [6, 6.07) is 3.58. The van der Waals surface area contributed by atoms with Crippen molar-refractivity contribution in [2.24, 2.45) is 0 Å². The van der Waals surface area contributed by atoms with Crippen molar-refractivity contribution in [2.45, 2.75) is 6.92 Å². The van der Waals surface area contributed by atoms with E-state index in [2.05, 4.69) is 25.9 Å². The third kappa shape index (κ3) is 2.25. The standard InChI is InChI=1S/C11H7BrCl2N2O/c1-5-2-3-6(13)8(9(5)14)10-11(12)16-7(4-17)15-10/h2-4H,1H3,(H,15,16). The molecule has 0 fully saturated rings. The van der Waals surface area contributed by atoms with Gasteiger partial charge in [-0.3, -0.25) is 4.79 Å². The van der Waals surface area contributed by atoms with Crippen LogP contribution in [0.5, 0.6) is 0 Å². The second kappa shape index (κ2) is 4.80. The van der Waals surface area contributed by atoms with Gasteiger partial charge in [0.25, 0.3) is 0 Å². The SMILES string of the molecule is Cc1ccc(Cl)c(-c2nc(C=O)[nH]c2Br)c1Cl. The minimum absolute atomic E-state index is 0.223. The van der Waals surface area contributed by atoms with E-state index in [0.717, 1.165) is 5.56 Å². The number of benzene rings is 1. The molecule has 0 saturated carbocycles. The van der Waals surface area contributed by atoms with E-state index in [0.29, 0.717) is 32.2 Å². The predicted molar refractivity (Wildman–Crippen MR) is 71.9 cm³/mol. The smallest absolute Gasteiger partial charge is 0.185 e. The lowest BCUT2D eigenvalue weighted by molar-refractivity contribution is 0.111.